The summed E-state index contributed by atoms with van der Waals surface area (Å²) in [4.78, 5) is 19.2. The number of alkyl halides is 3. The quantitative estimate of drug-likeness (QED) is 0.252. The number of hydrogen-bond donors (Lipinski definition) is 3. The van der Waals surface area contributed by atoms with Gasteiger partial charge in [0.1, 0.15) is 30.3 Å². The largest absolute Gasteiger partial charge is 0.491 e. The zero-order valence-corrected chi connectivity index (χ0v) is 18.3. The summed E-state index contributed by atoms with van der Waals surface area (Å²) in [6, 6.07) is 11.5. The van der Waals surface area contributed by atoms with Gasteiger partial charge in [0, 0.05) is 5.56 Å². The van der Waals surface area contributed by atoms with Crippen LogP contribution in [-0.4, -0.2) is 36.2 Å². The number of rotatable bonds is 7. The molecule has 0 fully saturated rings. The van der Waals surface area contributed by atoms with E-state index in [1.54, 1.807) is 13.0 Å². The highest BCUT2D eigenvalue weighted by Crippen LogP contribution is 2.36. The highest BCUT2D eigenvalue weighted by atomic mass is 19.4. The summed E-state index contributed by atoms with van der Waals surface area (Å²) in [5.74, 6) is -0.191. The standard InChI is InChI=1S/C11H13F3O2.C8H10N2.C4H6O2/c1-2-8-3-4-10(16-6-5-15)9(7-8)11(12,13)14;1-6-2-4-7(5-3-6)8(9)10;1-4(6)2-3-5/h3-4,7,15H,2,5-6H2,1H3;2-5H,1H3,(H3,9,10);3H,2H2,1H3. The number of hydrogen-bond acceptors (Lipinski definition) is 5. The number of ether oxygens (including phenoxy) is 1. The lowest BCUT2D eigenvalue weighted by Gasteiger charge is -2.14. The number of nitrogen functional groups attached to an aromatic ring is 1. The van der Waals surface area contributed by atoms with Crippen LogP contribution in [-0.2, 0) is 22.2 Å². The lowest BCUT2D eigenvalue weighted by atomic mass is 10.1. The second kappa shape index (κ2) is 14.7. The molecule has 0 saturated carbocycles. The van der Waals surface area contributed by atoms with Gasteiger partial charge in [-0.1, -0.05) is 42.8 Å². The number of nitrogens with two attached hydrogens (primary N) is 1. The van der Waals surface area contributed by atoms with E-state index in [9.17, 15) is 22.8 Å². The fraction of sp³-hybridized carbons (Fsp3) is 0.348. The number of ketones is 1. The van der Waals surface area contributed by atoms with Gasteiger partial charge in [0.2, 0.25) is 0 Å². The molecule has 32 heavy (non-hydrogen) atoms. The molecule has 2 rings (SSSR count). The third-order valence-electron chi connectivity index (χ3n) is 3.84. The molecule has 0 aromatic heterocycles. The van der Waals surface area contributed by atoms with Crippen LogP contribution < -0.4 is 10.5 Å². The van der Waals surface area contributed by atoms with E-state index in [0.717, 1.165) is 11.6 Å². The van der Waals surface area contributed by atoms with Gasteiger partial charge in [-0.25, -0.2) is 0 Å². The van der Waals surface area contributed by atoms with Gasteiger partial charge in [0.15, 0.2) is 0 Å². The Morgan fingerprint density at radius 1 is 1.19 bits per heavy atom. The maximum Gasteiger partial charge on any atom is 0.419 e. The minimum absolute atomic E-state index is 0.0556. The van der Waals surface area contributed by atoms with Gasteiger partial charge in [-0.2, -0.15) is 13.2 Å². The molecular weight excluding hydrogens is 425 g/mol. The van der Waals surface area contributed by atoms with Gasteiger partial charge >= 0.3 is 6.18 Å². The summed E-state index contributed by atoms with van der Waals surface area (Å²) in [6.45, 7) is 4.71. The van der Waals surface area contributed by atoms with Crippen molar-refractivity contribution in [1.82, 2.24) is 0 Å². The third kappa shape index (κ3) is 11.8. The molecule has 0 unspecified atom stereocenters. The summed E-state index contributed by atoms with van der Waals surface area (Å²) >= 11 is 0. The first-order valence-corrected chi connectivity index (χ1v) is 9.74. The summed E-state index contributed by atoms with van der Waals surface area (Å²) in [5, 5.41) is 15.6. The van der Waals surface area contributed by atoms with Crippen LogP contribution in [0.25, 0.3) is 0 Å². The lowest BCUT2D eigenvalue weighted by molar-refractivity contribution is -0.139. The van der Waals surface area contributed by atoms with Gasteiger partial charge < -0.3 is 20.4 Å². The Labute approximate surface area is 185 Å². The minimum Gasteiger partial charge on any atom is -0.491 e. The second-order valence-corrected chi connectivity index (χ2v) is 6.61. The molecule has 9 heteroatoms. The first kappa shape index (κ1) is 28.8. The number of carbonyl (C=O) groups excluding carboxylic acids is 2. The number of aryl methyl sites for hydroxylation is 2. The SMILES string of the molecule is CC(=O)CC=O.CCc1ccc(OCCO)c(C(F)(F)F)c1.Cc1ccc(C(=N)N)cc1. The maximum absolute atomic E-state index is 12.6. The number of aliphatic hydroxyl groups is 1. The van der Waals surface area contributed by atoms with Crippen LogP contribution in [0.15, 0.2) is 42.5 Å². The second-order valence-electron chi connectivity index (χ2n) is 6.61. The van der Waals surface area contributed by atoms with Crippen molar-refractivity contribution >= 4 is 17.9 Å². The molecule has 0 aliphatic heterocycles. The topological polar surface area (TPSA) is 113 Å². The van der Waals surface area contributed by atoms with Crippen molar-refractivity contribution in [3.05, 3.63) is 64.7 Å². The number of amidine groups is 1. The van der Waals surface area contributed by atoms with Crippen molar-refractivity contribution in [3.63, 3.8) is 0 Å². The van der Waals surface area contributed by atoms with Crippen LogP contribution in [0.5, 0.6) is 5.75 Å². The average molecular weight is 454 g/mol. The van der Waals surface area contributed by atoms with Gasteiger partial charge in [0.25, 0.3) is 0 Å². The van der Waals surface area contributed by atoms with Crippen molar-refractivity contribution in [2.75, 3.05) is 13.2 Å². The molecule has 0 amide bonds. The zero-order chi connectivity index (χ0) is 24.7. The lowest BCUT2D eigenvalue weighted by Crippen LogP contribution is -2.11. The zero-order valence-electron chi connectivity index (χ0n) is 18.3. The number of halogens is 3. The minimum atomic E-state index is -4.43. The maximum atomic E-state index is 12.6. The predicted molar refractivity (Wildman–Crippen MR) is 117 cm³/mol. The summed E-state index contributed by atoms with van der Waals surface area (Å²) < 4.78 is 42.8. The monoisotopic (exact) mass is 454 g/mol. The molecule has 0 saturated heterocycles. The van der Waals surface area contributed by atoms with E-state index in [1.807, 2.05) is 31.2 Å². The van der Waals surface area contributed by atoms with E-state index in [4.69, 9.17) is 21.0 Å². The van der Waals surface area contributed by atoms with Crippen molar-refractivity contribution in [3.8, 4) is 5.75 Å². The van der Waals surface area contributed by atoms with E-state index in [2.05, 4.69) is 0 Å². The average Bonchev–Trinajstić information content (AvgIpc) is 2.72. The Morgan fingerprint density at radius 2 is 1.78 bits per heavy atom. The number of aliphatic hydroxyl groups excluding tert-OH is 1. The Balaban J connectivity index is 0.000000511. The number of benzene rings is 2. The number of Topliss-reactive ketones (excluding diaryl/α,β-unsaturated/α-hetero) is 1. The normalized spacial score (nSPS) is 10.1. The van der Waals surface area contributed by atoms with Gasteiger partial charge in [-0.3, -0.25) is 10.2 Å². The molecule has 0 heterocycles. The fourth-order valence-electron chi connectivity index (χ4n) is 2.15. The highest BCUT2D eigenvalue weighted by Gasteiger charge is 2.34. The Kier molecular flexibility index (Phi) is 13.3. The Morgan fingerprint density at radius 3 is 2.16 bits per heavy atom. The van der Waals surface area contributed by atoms with Gasteiger partial charge in [0.05, 0.1) is 18.6 Å². The smallest absolute Gasteiger partial charge is 0.419 e. The molecule has 0 atom stereocenters. The van der Waals surface area contributed by atoms with E-state index < -0.39 is 11.7 Å². The molecule has 176 valence electrons. The predicted octanol–water partition coefficient (Wildman–Crippen LogP) is 4.08. The van der Waals surface area contributed by atoms with Crippen molar-refractivity contribution < 1.29 is 32.6 Å². The van der Waals surface area contributed by atoms with Crippen molar-refractivity contribution in [2.45, 2.75) is 39.8 Å². The molecule has 6 nitrogen and oxygen atoms in total. The highest BCUT2D eigenvalue weighted by molar-refractivity contribution is 5.94. The van der Waals surface area contributed by atoms with Crippen molar-refractivity contribution in [2.24, 2.45) is 5.73 Å². The Hall–Kier alpha value is -3.20. The van der Waals surface area contributed by atoms with E-state index >= 15 is 0 Å². The van der Waals surface area contributed by atoms with Crippen LogP contribution in [0.4, 0.5) is 13.2 Å². The van der Waals surface area contributed by atoms with Crippen LogP contribution >= 0.6 is 0 Å². The summed E-state index contributed by atoms with van der Waals surface area (Å²) in [5.41, 5.74) is 7.02. The van der Waals surface area contributed by atoms with E-state index in [-0.39, 0.29) is 37.0 Å². The van der Waals surface area contributed by atoms with Gasteiger partial charge in [-0.15, -0.1) is 0 Å². The van der Waals surface area contributed by atoms with Gasteiger partial charge in [-0.05, 0) is 38.0 Å². The summed E-state index contributed by atoms with van der Waals surface area (Å²) in [7, 11) is 0. The molecule has 0 aliphatic carbocycles. The molecule has 0 bridgehead atoms. The Bertz CT molecular complexity index is 867. The van der Waals surface area contributed by atoms with Crippen LogP contribution in [0.1, 0.15) is 42.5 Å². The van der Waals surface area contributed by atoms with E-state index in [1.165, 1.54) is 18.6 Å². The molecular formula is C23H29F3N2O4. The summed E-state index contributed by atoms with van der Waals surface area (Å²) in [6.07, 6.45) is -3.25. The number of aldehydes is 1. The molecule has 0 aliphatic rings. The molecule has 4 N–H and O–H groups in total. The van der Waals surface area contributed by atoms with Crippen LogP contribution in [0, 0.1) is 12.3 Å². The molecule has 0 radical (unpaired) electrons. The number of carbonyl (C=O) groups is 2. The van der Waals surface area contributed by atoms with Crippen molar-refractivity contribution in [1.29, 1.82) is 5.41 Å². The third-order valence-corrected chi connectivity index (χ3v) is 3.84. The molecule has 2 aromatic carbocycles. The number of nitrogens with one attached hydrogen (secondary N) is 1. The first-order valence-electron chi connectivity index (χ1n) is 9.74. The fourth-order valence-corrected chi connectivity index (χ4v) is 2.15. The molecule has 0 spiro atoms. The van der Waals surface area contributed by atoms with Crippen LogP contribution in [0.2, 0.25) is 0 Å². The van der Waals surface area contributed by atoms with Crippen LogP contribution in [0.3, 0.4) is 0 Å². The van der Waals surface area contributed by atoms with E-state index in [0.29, 0.717) is 18.3 Å². The first-order chi connectivity index (χ1) is 15.0. The molecule has 2 aromatic rings.